The van der Waals surface area contributed by atoms with Gasteiger partial charge < -0.3 is 23.8 Å². The lowest BCUT2D eigenvalue weighted by molar-refractivity contribution is -0.143. The van der Waals surface area contributed by atoms with Gasteiger partial charge in [-0.05, 0) is 85.3 Å². The Balaban J connectivity index is 0.00000468. The second-order valence-corrected chi connectivity index (χ2v) is 13.0. The number of benzene rings is 3. The third-order valence-electron chi connectivity index (χ3n) is 8.77. The van der Waals surface area contributed by atoms with Crippen molar-refractivity contribution in [2.24, 2.45) is 5.92 Å². The molecule has 2 heterocycles. The van der Waals surface area contributed by atoms with Crippen molar-refractivity contribution in [3.8, 4) is 11.5 Å². The second-order valence-electron chi connectivity index (χ2n) is 11.7. The molecule has 49 heavy (non-hydrogen) atoms. The van der Waals surface area contributed by atoms with Crippen LogP contribution in [0.5, 0.6) is 11.5 Å². The number of nitrogens with zero attached hydrogens (tertiary/aromatic N) is 2. The van der Waals surface area contributed by atoms with Crippen molar-refractivity contribution in [1.82, 2.24) is 9.80 Å². The third-order valence-corrected chi connectivity index (χ3v) is 9.60. The molecule has 0 spiro atoms. The lowest BCUT2D eigenvalue weighted by atomic mass is 9.88. The average molecular weight is 747 g/mol. The molecule has 0 aromatic heterocycles. The minimum atomic E-state index is -0.352. The Kier molecular flexibility index (Phi) is 12.4. The normalized spacial score (nSPS) is 20.3. The van der Waals surface area contributed by atoms with Crippen LogP contribution in [0.1, 0.15) is 35.4 Å². The van der Waals surface area contributed by atoms with Crippen LogP contribution in [0, 0.1) is 5.92 Å². The predicted molar refractivity (Wildman–Crippen MR) is 193 cm³/mol. The number of halogens is 4. The van der Waals surface area contributed by atoms with Crippen molar-refractivity contribution in [3.63, 3.8) is 0 Å². The zero-order valence-corrected chi connectivity index (χ0v) is 30.0. The van der Waals surface area contributed by atoms with Gasteiger partial charge >= 0.3 is 5.97 Å². The summed E-state index contributed by atoms with van der Waals surface area (Å²) in [5, 5.41) is 1.73. The lowest BCUT2D eigenvalue weighted by Crippen LogP contribution is -2.40. The van der Waals surface area contributed by atoms with Crippen LogP contribution in [0.3, 0.4) is 0 Å². The van der Waals surface area contributed by atoms with Gasteiger partial charge in [-0.25, -0.2) is 0 Å². The summed E-state index contributed by atoms with van der Waals surface area (Å²) in [6, 6.07) is 19.2. The van der Waals surface area contributed by atoms with Crippen LogP contribution in [0.4, 0.5) is 0 Å². The highest BCUT2D eigenvalue weighted by atomic mass is 35.5. The van der Waals surface area contributed by atoms with Crippen molar-refractivity contribution in [2.75, 3.05) is 40.0 Å². The maximum Gasteiger partial charge on any atom is 0.310 e. The van der Waals surface area contributed by atoms with Crippen molar-refractivity contribution in [1.29, 1.82) is 0 Å². The van der Waals surface area contributed by atoms with Crippen LogP contribution in [0.2, 0.25) is 15.1 Å². The molecule has 0 radical (unpaired) electrons. The van der Waals surface area contributed by atoms with E-state index < -0.39 is 0 Å². The molecule has 6 rings (SSSR count). The number of fused-ring (bicyclic) bond motifs is 1. The Labute approximate surface area is 307 Å². The first-order chi connectivity index (χ1) is 23.2. The van der Waals surface area contributed by atoms with Crippen LogP contribution in [0.25, 0.3) is 0 Å². The number of amides is 1. The first-order valence-corrected chi connectivity index (χ1v) is 16.8. The molecule has 3 aromatic carbocycles. The first kappa shape index (κ1) is 36.8. The predicted octanol–water partition coefficient (Wildman–Crippen LogP) is 8.68. The second kappa shape index (κ2) is 16.5. The zero-order chi connectivity index (χ0) is 33.8. The minimum Gasteiger partial charge on any atom is -0.497 e. The SMILES string of the molecule is COC1=CC2C(CC(=O)OCCN3CCOC(c4ccc(Oc5ccc(Cl)cc5)cc4Cl)C3)=C(C)N(C(=O)c3ccc(Cl)cc3)C2C=C1.Cl. The third kappa shape index (κ3) is 8.63. The number of esters is 1. The van der Waals surface area contributed by atoms with E-state index in [1.807, 2.05) is 37.3 Å². The standard InChI is InChI=1S/C37H35Cl3N2O6.ClH/c1-23-31(32-19-28(45-2)12-14-34(32)42(23)37(44)24-3-5-25(38)6-4-24)21-36(43)47-18-16-41-15-17-46-35(22-41)30-13-11-29(20-33(30)40)48-27-9-7-26(39)8-10-27;/h3-14,19-20,32,34-35H,15-18,21-22H2,1-2H3;1H. The van der Waals surface area contributed by atoms with Crippen molar-refractivity contribution in [2.45, 2.75) is 25.5 Å². The summed E-state index contributed by atoms with van der Waals surface area (Å²) in [6.45, 7) is 4.46. The van der Waals surface area contributed by atoms with E-state index in [4.69, 9.17) is 53.8 Å². The number of carbonyl (C=O) groups is 2. The topological polar surface area (TPSA) is 77.5 Å². The molecule has 1 saturated heterocycles. The van der Waals surface area contributed by atoms with E-state index in [1.54, 1.807) is 66.6 Å². The molecule has 0 bridgehead atoms. The maximum atomic E-state index is 13.6. The van der Waals surface area contributed by atoms with Gasteiger partial charge in [0.05, 0.1) is 37.3 Å². The maximum absolute atomic E-state index is 13.6. The van der Waals surface area contributed by atoms with Crippen LogP contribution in [-0.4, -0.2) is 67.7 Å². The Hall–Kier alpha value is -3.50. The van der Waals surface area contributed by atoms with Gasteiger partial charge in [-0.3, -0.25) is 14.5 Å². The Morgan fingerprint density at radius 3 is 2.35 bits per heavy atom. The van der Waals surface area contributed by atoms with E-state index in [0.29, 0.717) is 64.1 Å². The summed E-state index contributed by atoms with van der Waals surface area (Å²) in [4.78, 5) is 30.7. The summed E-state index contributed by atoms with van der Waals surface area (Å²) in [6.07, 6.45) is 5.58. The Morgan fingerprint density at radius 2 is 1.65 bits per heavy atom. The van der Waals surface area contributed by atoms with Gasteiger partial charge in [0, 0.05) is 52.4 Å². The van der Waals surface area contributed by atoms with E-state index in [-0.39, 0.29) is 55.4 Å². The number of carbonyl (C=O) groups excluding carboxylic acids is 2. The van der Waals surface area contributed by atoms with Crippen molar-refractivity contribution in [3.05, 3.63) is 128 Å². The molecule has 0 saturated carbocycles. The molecule has 1 amide bonds. The molecule has 258 valence electrons. The van der Waals surface area contributed by atoms with Crippen LogP contribution >= 0.6 is 47.2 Å². The van der Waals surface area contributed by atoms with Crippen LogP contribution in [-0.2, 0) is 19.0 Å². The van der Waals surface area contributed by atoms with Crippen LogP contribution in [0.15, 0.2) is 102 Å². The van der Waals surface area contributed by atoms with Gasteiger partial charge in [-0.15, -0.1) is 12.4 Å². The highest BCUT2D eigenvalue weighted by Crippen LogP contribution is 2.41. The molecule has 0 N–H and O–H groups in total. The molecule has 3 unspecified atom stereocenters. The highest BCUT2D eigenvalue weighted by molar-refractivity contribution is 6.31. The van der Waals surface area contributed by atoms with Gasteiger partial charge in [0.2, 0.25) is 0 Å². The van der Waals surface area contributed by atoms with E-state index in [1.165, 1.54) is 0 Å². The number of methoxy groups -OCH3 is 1. The summed E-state index contributed by atoms with van der Waals surface area (Å²) < 4.78 is 23.2. The molecular weight excluding hydrogens is 710 g/mol. The quantitative estimate of drug-likeness (QED) is 0.192. The number of ether oxygens (including phenoxy) is 4. The largest absolute Gasteiger partial charge is 0.497 e. The molecule has 3 atom stereocenters. The van der Waals surface area contributed by atoms with E-state index in [9.17, 15) is 9.59 Å². The summed E-state index contributed by atoms with van der Waals surface area (Å²) in [5.41, 5.74) is 2.94. The minimum absolute atomic E-state index is 0. The van der Waals surface area contributed by atoms with Gasteiger partial charge in [0.1, 0.15) is 23.9 Å². The summed E-state index contributed by atoms with van der Waals surface area (Å²) in [5.74, 6) is 1.23. The van der Waals surface area contributed by atoms with E-state index >= 15 is 0 Å². The summed E-state index contributed by atoms with van der Waals surface area (Å²) >= 11 is 18.7. The van der Waals surface area contributed by atoms with E-state index in [0.717, 1.165) is 16.8 Å². The lowest BCUT2D eigenvalue weighted by Gasteiger charge is -2.33. The molecular formula is C37H36Cl4N2O6. The zero-order valence-electron chi connectivity index (χ0n) is 26.9. The Morgan fingerprint density at radius 1 is 0.959 bits per heavy atom. The number of allylic oxidation sites excluding steroid dienone is 2. The first-order valence-electron chi connectivity index (χ1n) is 15.7. The van der Waals surface area contributed by atoms with Gasteiger partial charge in [-0.1, -0.05) is 46.9 Å². The fourth-order valence-corrected chi connectivity index (χ4v) is 6.82. The number of hydrogen-bond acceptors (Lipinski definition) is 7. The van der Waals surface area contributed by atoms with Crippen LogP contribution < -0.4 is 4.74 Å². The number of hydrogen-bond donors (Lipinski definition) is 0. The van der Waals surface area contributed by atoms with E-state index in [2.05, 4.69) is 4.90 Å². The molecule has 3 aromatic rings. The smallest absolute Gasteiger partial charge is 0.310 e. The molecule has 8 nitrogen and oxygen atoms in total. The van der Waals surface area contributed by atoms with Crippen molar-refractivity contribution < 1.29 is 28.5 Å². The average Bonchev–Trinajstić information content (AvgIpc) is 3.35. The monoisotopic (exact) mass is 744 g/mol. The van der Waals surface area contributed by atoms with Gasteiger partial charge in [0.25, 0.3) is 5.91 Å². The molecule has 3 aliphatic rings. The fraction of sp³-hybridized carbons (Fsp3) is 0.297. The number of rotatable bonds is 10. The molecule has 1 fully saturated rings. The van der Waals surface area contributed by atoms with Gasteiger partial charge in [-0.2, -0.15) is 0 Å². The summed E-state index contributed by atoms with van der Waals surface area (Å²) in [7, 11) is 1.60. The fourth-order valence-electron chi connectivity index (χ4n) is 6.28. The highest BCUT2D eigenvalue weighted by Gasteiger charge is 2.42. The number of morpholine rings is 1. The van der Waals surface area contributed by atoms with Crippen molar-refractivity contribution >= 4 is 59.1 Å². The molecule has 1 aliphatic carbocycles. The van der Waals surface area contributed by atoms with Gasteiger partial charge in [0.15, 0.2) is 0 Å². The molecule has 2 aliphatic heterocycles. The Bertz CT molecular complexity index is 1760. The molecule has 12 heteroatoms.